The lowest BCUT2D eigenvalue weighted by Gasteiger charge is -2.10. The van der Waals surface area contributed by atoms with E-state index in [0.29, 0.717) is 11.4 Å². The highest BCUT2D eigenvalue weighted by atomic mass is 32.2. The van der Waals surface area contributed by atoms with Gasteiger partial charge < -0.3 is 5.11 Å². The maximum Gasteiger partial charge on any atom is 0.206 e. The molecule has 3 rings (SSSR count). The number of pyridine rings is 1. The predicted molar refractivity (Wildman–Crippen MR) is 85.6 cm³/mol. The lowest BCUT2D eigenvalue weighted by Crippen LogP contribution is -2.12. The monoisotopic (exact) mass is 345 g/mol. The largest absolute Gasteiger partial charge is 0.386 e. The molecule has 2 aromatic heterocycles. The zero-order valence-corrected chi connectivity index (χ0v) is 13.6. The van der Waals surface area contributed by atoms with E-state index < -0.39 is 15.9 Å². The van der Waals surface area contributed by atoms with Crippen LogP contribution in [-0.4, -0.2) is 45.0 Å². The normalized spacial score (nSPS) is 12.9. The Labute approximate surface area is 138 Å². The van der Waals surface area contributed by atoms with E-state index in [0.717, 1.165) is 11.8 Å². The lowest BCUT2D eigenvalue weighted by atomic mass is 10.1. The number of rotatable bonds is 5. The minimum atomic E-state index is -3.26. The summed E-state index contributed by atoms with van der Waals surface area (Å²) in [7, 11) is -3.26. The first-order chi connectivity index (χ1) is 11.4. The third-order valence-electron chi connectivity index (χ3n) is 3.40. The number of benzene rings is 1. The molecule has 24 heavy (non-hydrogen) atoms. The number of nitrogens with zero attached hydrogens (tertiary/aromatic N) is 5. The minimum Gasteiger partial charge on any atom is -0.386 e. The summed E-state index contributed by atoms with van der Waals surface area (Å²) in [6.45, 7) is 0.103. The molecule has 0 radical (unpaired) electrons. The van der Waals surface area contributed by atoms with Crippen LogP contribution in [-0.2, 0) is 16.4 Å². The van der Waals surface area contributed by atoms with Gasteiger partial charge in [-0.3, -0.25) is 4.98 Å². The summed E-state index contributed by atoms with van der Waals surface area (Å²) in [4.78, 5) is 5.49. The third-order valence-corrected chi connectivity index (χ3v) is 4.53. The average molecular weight is 345 g/mol. The molecule has 124 valence electrons. The number of sulfone groups is 1. The van der Waals surface area contributed by atoms with Crippen molar-refractivity contribution in [1.29, 1.82) is 0 Å². The number of hydrogen-bond donors (Lipinski definition) is 1. The van der Waals surface area contributed by atoms with E-state index in [1.165, 1.54) is 16.9 Å². The van der Waals surface area contributed by atoms with E-state index in [1.54, 1.807) is 30.6 Å². The highest BCUT2D eigenvalue weighted by Crippen LogP contribution is 2.18. The number of hydrogen-bond acceptors (Lipinski definition) is 7. The Morgan fingerprint density at radius 3 is 2.58 bits per heavy atom. The van der Waals surface area contributed by atoms with Crippen molar-refractivity contribution in [2.24, 2.45) is 0 Å². The van der Waals surface area contributed by atoms with Crippen molar-refractivity contribution in [1.82, 2.24) is 25.2 Å². The van der Waals surface area contributed by atoms with Crippen molar-refractivity contribution >= 4 is 9.84 Å². The molecule has 0 spiro atoms. The SMILES string of the molecule is CS(=O)(=O)c1ccc([C@@H](O)Cn2nnc(-c3cccnc3)n2)cc1. The molecular weight excluding hydrogens is 330 g/mol. The fourth-order valence-corrected chi connectivity index (χ4v) is 2.76. The molecule has 0 amide bonds. The van der Waals surface area contributed by atoms with Crippen LogP contribution in [0.4, 0.5) is 0 Å². The van der Waals surface area contributed by atoms with Gasteiger partial charge in [0.05, 0.1) is 11.4 Å². The van der Waals surface area contributed by atoms with E-state index >= 15 is 0 Å². The minimum absolute atomic E-state index is 0.103. The Kier molecular flexibility index (Phi) is 4.36. The highest BCUT2D eigenvalue weighted by Gasteiger charge is 2.14. The van der Waals surface area contributed by atoms with Crippen LogP contribution in [0.15, 0.2) is 53.7 Å². The number of tetrazole rings is 1. The van der Waals surface area contributed by atoms with Crippen molar-refractivity contribution in [3.63, 3.8) is 0 Å². The molecule has 0 saturated carbocycles. The van der Waals surface area contributed by atoms with Crippen molar-refractivity contribution < 1.29 is 13.5 Å². The maximum absolute atomic E-state index is 11.4. The lowest BCUT2D eigenvalue weighted by molar-refractivity contribution is 0.144. The molecule has 0 aliphatic rings. The van der Waals surface area contributed by atoms with Crippen LogP contribution in [0.25, 0.3) is 11.4 Å². The molecule has 2 heterocycles. The van der Waals surface area contributed by atoms with Gasteiger partial charge in [-0.15, -0.1) is 10.2 Å². The Morgan fingerprint density at radius 2 is 1.96 bits per heavy atom. The Bertz CT molecular complexity index is 923. The first-order valence-corrected chi connectivity index (χ1v) is 8.99. The second-order valence-electron chi connectivity index (χ2n) is 5.27. The van der Waals surface area contributed by atoms with E-state index in [-0.39, 0.29) is 11.4 Å². The van der Waals surface area contributed by atoms with Crippen LogP contribution >= 0.6 is 0 Å². The fraction of sp³-hybridized carbons (Fsp3) is 0.200. The third kappa shape index (κ3) is 3.63. The van der Waals surface area contributed by atoms with Crippen LogP contribution in [0.3, 0.4) is 0 Å². The summed E-state index contributed by atoms with van der Waals surface area (Å²) in [5, 5.41) is 22.3. The summed E-state index contributed by atoms with van der Waals surface area (Å²) in [6, 6.07) is 9.65. The van der Waals surface area contributed by atoms with Crippen LogP contribution in [0.5, 0.6) is 0 Å². The van der Waals surface area contributed by atoms with E-state index in [4.69, 9.17) is 0 Å². The Morgan fingerprint density at radius 1 is 1.21 bits per heavy atom. The number of aliphatic hydroxyl groups excluding tert-OH is 1. The molecule has 0 bridgehead atoms. The van der Waals surface area contributed by atoms with Crippen molar-refractivity contribution in [3.8, 4) is 11.4 Å². The van der Waals surface area contributed by atoms with Crippen LogP contribution in [0, 0.1) is 0 Å². The molecule has 8 nitrogen and oxygen atoms in total. The standard InChI is InChI=1S/C15H15N5O3S/c1-24(22,23)13-6-4-11(5-7-13)14(21)10-20-18-15(17-19-20)12-3-2-8-16-9-12/h2-9,14,21H,10H2,1H3/t14-/m0/s1. The van der Waals surface area contributed by atoms with Crippen molar-refractivity contribution in [3.05, 3.63) is 54.4 Å². The molecule has 9 heteroatoms. The summed E-state index contributed by atoms with van der Waals surface area (Å²) in [6.07, 6.45) is 3.53. The van der Waals surface area contributed by atoms with Gasteiger partial charge in [0, 0.05) is 24.2 Å². The van der Waals surface area contributed by atoms with Gasteiger partial charge in [0.25, 0.3) is 0 Å². The van der Waals surface area contributed by atoms with Gasteiger partial charge in [0.2, 0.25) is 5.82 Å². The van der Waals surface area contributed by atoms with Gasteiger partial charge in [-0.05, 0) is 35.0 Å². The van der Waals surface area contributed by atoms with Gasteiger partial charge in [-0.2, -0.15) is 4.80 Å². The molecule has 0 aliphatic carbocycles. The van der Waals surface area contributed by atoms with E-state index in [2.05, 4.69) is 20.4 Å². The van der Waals surface area contributed by atoms with Crippen molar-refractivity contribution in [2.75, 3.05) is 6.26 Å². The highest BCUT2D eigenvalue weighted by molar-refractivity contribution is 7.90. The molecule has 1 atom stereocenters. The number of aliphatic hydroxyl groups is 1. The zero-order chi connectivity index (χ0) is 17.2. The van der Waals surface area contributed by atoms with Crippen molar-refractivity contribution in [2.45, 2.75) is 17.5 Å². The molecule has 0 fully saturated rings. The molecule has 0 unspecified atom stereocenters. The summed E-state index contributed by atoms with van der Waals surface area (Å²) in [5.74, 6) is 0.419. The van der Waals surface area contributed by atoms with Gasteiger partial charge in [0.15, 0.2) is 9.84 Å². The Balaban J connectivity index is 1.73. The molecule has 1 N–H and O–H groups in total. The second-order valence-corrected chi connectivity index (χ2v) is 7.28. The van der Waals surface area contributed by atoms with Crippen LogP contribution < -0.4 is 0 Å². The quantitative estimate of drug-likeness (QED) is 0.730. The Hall–Kier alpha value is -2.65. The molecular formula is C15H15N5O3S. The summed E-state index contributed by atoms with van der Waals surface area (Å²) in [5.41, 5.74) is 1.30. The maximum atomic E-state index is 11.4. The topological polar surface area (TPSA) is 111 Å². The average Bonchev–Trinajstić information content (AvgIpc) is 3.03. The fourth-order valence-electron chi connectivity index (χ4n) is 2.13. The number of aromatic nitrogens is 5. The van der Waals surface area contributed by atoms with Gasteiger partial charge in [-0.25, -0.2) is 8.42 Å². The first-order valence-electron chi connectivity index (χ1n) is 7.10. The molecule has 3 aromatic rings. The predicted octanol–water partition coefficient (Wildman–Crippen LogP) is 0.872. The van der Waals surface area contributed by atoms with Crippen LogP contribution in [0.1, 0.15) is 11.7 Å². The van der Waals surface area contributed by atoms with Gasteiger partial charge >= 0.3 is 0 Å². The second kappa shape index (κ2) is 6.46. The zero-order valence-electron chi connectivity index (χ0n) is 12.8. The van der Waals surface area contributed by atoms with Gasteiger partial charge in [0.1, 0.15) is 6.10 Å². The smallest absolute Gasteiger partial charge is 0.206 e. The summed E-state index contributed by atoms with van der Waals surface area (Å²) < 4.78 is 22.9. The molecule has 0 saturated heterocycles. The first kappa shape index (κ1) is 16.2. The van der Waals surface area contributed by atoms with Crippen LogP contribution in [0.2, 0.25) is 0 Å². The molecule has 0 aliphatic heterocycles. The van der Waals surface area contributed by atoms with E-state index in [9.17, 15) is 13.5 Å². The molecule has 1 aromatic carbocycles. The van der Waals surface area contributed by atoms with E-state index in [1.807, 2.05) is 6.07 Å². The summed E-state index contributed by atoms with van der Waals surface area (Å²) >= 11 is 0. The van der Waals surface area contributed by atoms with Gasteiger partial charge in [-0.1, -0.05) is 12.1 Å².